The molecule has 1 aromatic heterocycles. The van der Waals surface area contributed by atoms with Crippen molar-refractivity contribution in [2.24, 2.45) is 0 Å². The molecule has 0 saturated carbocycles. The number of aliphatic hydroxyl groups excluding tert-OH is 1. The number of methoxy groups -OCH3 is 1. The van der Waals surface area contributed by atoms with E-state index in [-0.39, 0.29) is 12.5 Å². The Morgan fingerprint density at radius 3 is 2.73 bits per heavy atom. The second-order valence-electron chi connectivity index (χ2n) is 3.48. The molecule has 1 N–H and O–H groups in total. The van der Waals surface area contributed by atoms with Crippen LogP contribution < -0.4 is 0 Å². The highest BCUT2D eigenvalue weighted by Crippen LogP contribution is 2.33. The fourth-order valence-electron chi connectivity index (χ4n) is 1.72. The Labute approximate surface area is 87.2 Å². The SMILES string of the molecule is COC1(c2noc(CO)n2)CCOCC1. The summed E-state index contributed by atoms with van der Waals surface area (Å²) >= 11 is 0. The summed E-state index contributed by atoms with van der Waals surface area (Å²) < 4.78 is 15.6. The Bertz CT molecular complexity index is 320. The minimum absolute atomic E-state index is 0.216. The minimum atomic E-state index is -0.519. The monoisotopic (exact) mass is 214 g/mol. The first-order valence-corrected chi connectivity index (χ1v) is 4.87. The molecule has 0 aromatic carbocycles. The van der Waals surface area contributed by atoms with E-state index in [1.807, 2.05) is 0 Å². The fraction of sp³-hybridized carbons (Fsp3) is 0.778. The van der Waals surface area contributed by atoms with E-state index in [9.17, 15) is 0 Å². The van der Waals surface area contributed by atoms with Gasteiger partial charge in [-0.3, -0.25) is 0 Å². The van der Waals surface area contributed by atoms with Gasteiger partial charge in [0.25, 0.3) is 5.89 Å². The van der Waals surface area contributed by atoms with Crippen molar-refractivity contribution < 1.29 is 19.1 Å². The van der Waals surface area contributed by atoms with Gasteiger partial charge < -0.3 is 19.1 Å². The highest BCUT2D eigenvalue weighted by atomic mass is 16.5. The van der Waals surface area contributed by atoms with Gasteiger partial charge in [-0.15, -0.1) is 0 Å². The Morgan fingerprint density at radius 1 is 1.47 bits per heavy atom. The third kappa shape index (κ3) is 1.88. The van der Waals surface area contributed by atoms with E-state index in [1.54, 1.807) is 7.11 Å². The van der Waals surface area contributed by atoms with Gasteiger partial charge in [0.05, 0.1) is 0 Å². The van der Waals surface area contributed by atoms with Gasteiger partial charge >= 0.3 is 0 Å². The van der Waals surface area contributed by atoms with Crippen molar-refractivity contribution in [3.05, 3.63) is 11.7 Å². The summed E-state index contributed by atoms with van der Waals surface area (Å²) in [5.41, 5.74) is -0.519. The fourth-order valence-corrected chi connectivity index (χ4v) is 1.72. The maximum absolute atomic E-state index is 8.84. The van der Waals surface area contributed by atoms with Crippen LogP contribution in [-0.2, 0) is 21.7 Å². The van der Waals surface area contributed by atoms with Crippen LogP contribution in [0.15, 0.2) is 4.52 Å². The van der Waals surface area contributed by atoms with Crippen LogP contribution in [0.2, 0.25) is 0 Å². The number of hydrogen-bond donors (Lipinski definition) is 1. The lowest BCUT2D eigenvalue weighted by Crippen LogP contribution is -2.36. The van der Waals surface area contributed by atoms with E-state index in [2.05, 4.69) is 10.1 Å². The van der Waals surface area contributed by atoms with Crippen LogP contribution in [0.25, 0.3) is 0 Å². The molecule has 6 nitrogen and oxygen atoms in total. The van der Waals surface area contributed by atoms with Gasteiger partial charge in [0, 0.05) is 33.2 Å². The van der Waals surface area contributed by atoms with E-state index in [0.717, 1.165) is 0 Å². The molecule has 0 aliphatic carbocycles. The number of ether oxygens (including phenoxy) is 2. The molecule has 2 heterocycles. The lowest BCUT2D eigenvalue weighted by atomic mass is 9.93. The predicted octanol–water partition coefficient (Wildman–Crippen LogP) is 0.214. The van der Waals surface area contributed by atoms with Crippen molar-refractivity contribution >= 4 is 0 Å². The Kier molecular flexibility index (Phi) is 2.99. The number of rotatable bonds is 3. The normalized spacial score (nSPS) is 20.4. The maximum atomic E-state index is 8.84. The molecule has 1 aliphatic heterocycles. The third-order valence-corrected chi connectivity index (χ3v) is 2.70. The van der Waals surface area contributed by atoms with Gasteiger partial charge in [0.15, 0.2) is 0 Å². The topological polar surface area (TPSA) is 77.6 Å². The first-order chi connectivity index (χ1) is 7.30. The van der Waals surface area contributed by atoms with Crippen LogP contribution >= 0.6 is 0 Å². The van der Waals surface area contributed by atoms with Crippen LogP contribution in [0.3, 0.4) is 0 Å². The molecule has 1 aliphatic rings. The summed E-state index contributed by atoms with van der Waals surface area (Å²) in [6.45, 7) is 0.997. The van der Waals surface area contributed by atoms with Gasteiger partial charge in [0.2, 0.25) is 5.82 Å². The smallest absolute Gasteiger partial charge is 0.252 e. The second kappa shape index (κ2) is 4.26. The average Bonchev–Trinajstić information content (AvgIpc) is 2.79. The molecule has 0 radical (unpaired) electrons. The van der Waals surface area contributed by atoms with E-state index in [0.29, 0.717) is 31.9 Å². The van der Waals surface area contributed by atoms with E-state index in [1.165, 1.54) is 0 Å². The highest BCUT2D eigenvalue weighted by Gasteiger charge is 2.39. The molecule has 2 rings (SSSR count). The lowest BCUT2D eigenvalue weighted by molar-refractivity contribution is -0.101. The zero-order valence-electron chi connectivity index (χ0n) is 8.60. The van der Waals surface area contributed by atoms with Gasteiger partial charge in [0.1, 0.15) is 12.2 Å². The molecule has 1 fully saturated rings. The molecule has 6 heteroatoms. The first-order valence-electron chi connectivity index (χ1n) is 4.87. The molecule has 1 saturated heterocycles. The lowest BCUT2D eigenvalue weighted by Gasteiger charge is -2.32. The van der Waals surface area contributed by atoms with Crippen molar-refractivity contribution in [1.82, 2.24) is 10.1 Å². The summed E-state index contributed by atoms with van der Waals surface area (Å²) in [7, 11) is 1.63. The Morgan fingerprint density at radius 2 is 2.20 bits per heavy atom. The van der Waals surface area contributed by atoms with Gasteiger partial charge in [-0.1, -0.05) is 5.16 Å². The number of nitrogens with zero attached hydrogens (tertiary/aromatic N) is 2. The Hall–Kier alpha value is -0.980. The molecular formula is C9H14N2O4. The molecule has 15 heavy (non-hydrogen) atoms. The molecule has 0 atom stereocenters. The molecule has 0 bridgehead atoms. The Balaban J connectivity index is 2.24. The predicted molar refractivity (Wildman–Crippen MR) is 49.0 cm³/mol. The van der Waals surface area contributed by atoms with Crippen molar-refractivity contribution in [2.75, 3.05) is 20.3 Å². The van der Waals surface area contributed by atoms with E-state index in [4.69, 9.17) is 19.1 Å². The minimum Gasteiger partial charge on any atom is -0.387 e. The third-order valence-electron chi connectivity index (χ3n) is 2.70. The van der Waals surface area contributed by atoms with Gasteiger partial charge in [-0.2, -0.15) is 4.98 Å². The zero-order valence-corrected chi connectivity index (χ0v) is 8.60. The molecule has 0 amide bonds. The summed E-state index contributed by atoms with van der Waals surface area (Å²) in [5, 5.41) is 12.7. The second-order valence-corrected chi connectivity index (χ2v) is 3.48. The van der Waals surface area contributed by atoms with Crippen molar-refractivity contribution in [3.63, 3.8) is 0 Å². The van der Waals surface area contributed by atoms with Crippen LogP contribution in [0.1, 0.15) is 24.6 Å². The average molecular weight is 214 g/mol. The first kappa shape index (κ1) is 10.5. The van der Waals surface area contributed by atoms with E-state index < -0.39 is 5.60 Å². The molecular weight excluding hydrogens is 200 g/mol. The van der Waals surface area contributed by atoms with Crippen molar-refractivity contribution in [2.45, 2.75) is 25.0 Å². The largest absolute Gasteiger partial charge is 0.387 e. The van der Waals surface area contributed by atoms with Gasteiger partial charge in [-0.05, 0) is 0 Å². The summed E-state index contributed by atoms with van der Waals surface area (Å²) in [6, 6.07) is 0. The molecule has 1 aromatic rings. The van der Waals surface area contributed by atoms with Crippen molar-refractivity contribution in [3.8, 4) is 0 Å². The standard InChI is InChI=1S/C9H14N2O4/c1-13-9(2-4-14-5-3-9)8-10-7(6-12)15-11-8/h12H,2-6H2,1H3. The van der Waals surface area contributed by atoms with Crippen LogP contribution in [0, 0.1) is 0 Å². The molecule has 0 unspecified atom stereocenters. The summed E-state index contributed by atoms with van der Waals surface area (Å²) in [6.07, 6.45) is 1.40. The van der Waals surface area contributed by atoms with E-state index >= 15 is 0 Å². The van der Waals surface area contributed by atoms with Crippen molar-refractivity contribution in [1.29, 1.82) is 0 Å². The van der Waals surface area contributed by atoms with Crippen LogP contribution in [-0.4, -0.2) is 35.6 Å². The highest BCUT2D eigenvalue weighted by molar-refractivity contribution is 5.02. The quantitative estimate of drug-likeness (QED) is 0.775. The number of hydrogen-bond acceptors (Lipinski definition) is 6. The molecule has 84 valence electrons. The van der Waals surface area contributed by atoms with Crippen LogP contribution in [0.5, 0.6) is 0 Å². The number of aliphatic hydroxyl groups is 1. The van der Waals surface area contributed by atoms with Crippen LogP contribution in [0.4, 0.5) is 0 Å². The zero-order chi connectivity index (χ0) is 10.7. The summed E-state index contributed by atoms with van der Waals surface area (Å²) in [4.78, 5) is 4.09. The molecule has 0 spiro atoms. The maximum Gasteiger partial charge on any atom is 0.252 e. The summed E-state index contributed by atoms with van der Waals surface area (Å²) in [5.74, 6) is 0.713. The van der Waals surface area contributed by atoms with Gasteiger partial charge in [-0.25, -0.2) is 0 Å². The number of aromatic nitrogens is 2.